The number of hydrogen-bond acceptors (Lipinski definition) is 4. The smallest absolute Gasteiger partial charge is 0.335 e. The molecule has 0 saturated heterocycles. The molecule has 2 heterocycles. The molecular formula is C14H20N2O4. The second-order valence-corrected chi connectivity index (χ2v) is 4.68. The van der Waals surface area contributed by atoms with Crippen molar-refractivity contribution >= 4 is 5.70 Å². The van der Waals surface area contributed by atoms with Crippen LogP contribution in [0.1, 0.15) is 19.4 Å². The summed E-state index contributed by atoms with van der Waals surface area (Å²) < 4.78 is 13.6. The summed E-state index contributed by atoms with van der Waals surface area (Å²) in [6, 6.07) is 0. The van der Waals surface area contributed by atoms with Crippen LogP contribution in [0.25, 0.3) is 5.70 Å². The van der Waals surface area contributed by atoms with Crippen LogP contribution in [-0.4, -0.2) is 35.1 Å². The van der Waals surface area contributed by atoms with Gasteiger partial charge in [-0.25, -0.2) is 4.79 Å². The Labute approximate surface area is 117 Å². The van der Waals surface area contributed by atoms with Crippen molar-refractivity contribution in [3.05, 3.63) is 38.7 Å². The Morgan fingerprint density at radius 2 is 2.15 bits per heavy atom. The van der Waals surface area contributed by atoms with Crippen molar-refractivity contribution in [3.8, 4) is 0 Å². The van der Waals surface area contributed by atoms with E-state index < -0.39 is 0 Å². The molecule has 6 heteroatoms. The molecule has 1 aliphatic heterocycles. The minimum absolute atomic E-state index is 0.140. The Kier molecular flexibility index (Phi) is 4.57. The Bertz CT molecular complexity index is 627. The highest BCUT2D eigenvalue weighted by Crippen LogP contribution is 2.15. The molecule has 0 aromatic carbocycles. The van der Waals surface area contributed by atoms with Gasteiger partial charge in [0.2, 0.25) is 0 Å². The fourth-order valence-corrected chi connectivity index (χ4v) is 2.20. The summed E-state index contributed by atoms with van der Waals surface area (Å²) in [5, 5.41) is 0. The molecule has 0 radical (unpaired) electrons. The molecule has 1 aromatic heterocycles. The van der Waals surface area contributed by atoms with Crippen molar-refractivity contribution in [2.24, 2.45) is 0 Å². The third-order valence-electron chi connectivity index (χ3n) is 3.28. The lowest BCUT2D eigenvalue weighted by molar-refractivity contribution is 0.0349. The first kappa shape index (κ1) is 14.7. The maximum atomic E-state index is 12.3. The first-order valence-electron chi connectivity index (χ1n) is 6.82. The number of aryl methyl sites for hydroxylation is 1. The fraction of sp³-hybridized carbons (Fsp3) is 0.571. The number of nitrogens with zero attached hydrogens (tertiary/aromatic N) is 2. The van der Waals surface area contributed by atoms with Crippen LogP contribution in [0.2, 0.25) is 0 Å². The Hall–Kier alpha value is -1.66. The first-order valence-corrected chi connectivity index (χ1v) is 6.82. The largest absolute Gasteiger partial charge is 0.379 e. The van der Waals surface area contributed by atoms with Crippen molar-refractivity contribution < 1.29 is 9.47 Å². The highest BCUT2D eigenvalue weighted by Gasteiger charge is 2.20. The van der Waals surface area contributed by atoms with E-state index in [1.54, 1.807) is 20.0 Å². The zero-order valence-corrected chi connectivity index (χ0v) is 12.1. The summed E-state index contributed by atoms with van der Waals surface area (Å²) >= 11 is 0. The Morgan fingerprint density at radius 3 is 2.80 bits per heavy atom. The van der Waals surface area contributed by atoms with Crippen LogP contribution in [0.3, 0.4) is 0 Å². The topological polar surface area (TPSA) is 62.5 Å². The molecule has 0 spiro atoms. The van der Waals surface area contributed by atoms with Gasteiger partial charge in [-0.3, -0.25) is 13.9 Å². The molecule has 1 aromatic rings. The maximum absolute atomic E-state index is 12.3. The molecule has 0 amide bonds. The minimum atomic E-state index is -0.324. The van der Waals surface area contributed by atoms with Gasteiger partial charge in [0.25, 0.3) is 5.56 Å². The van der Waals surface area contributed by atoms with Crippen LogP contribution in [-0.2, 0) is 16.0 Å². The van der Waals surface area contributed by atoms with Gasteiger partial charge >= 0.3 is 5.69 Å². The predicted octanol–water partition coefficient (Wildman–Crippen LogP) is 0.615. The summed E-state index contributed by atoms with van der Waals surface area (Å²) in [5.74, 6) is 0. The lowest BCUT2D eigenvalue weighted by atomic mass is 10.3. The van der Waals surface area contributed by atoms with E-state index in [4.69, 9.17) is 9.47 Å². The van der Waals surface area contributed by atoms with E-state index in [0.29, 0.717) is 31.9 Å². The van der Waals surface area contributed by atoms with E-state index in [9.17, 15) is 9.59 Å². The zero-order chi connectivity index (χ0) is 14.7. The van der Waals surface area contributed by atoms with E-state index in [-0.39, 0.29) is 17.4 Å². The van der Waals surface area contributed by atoms with Crippen LogP contribution < -0.4 is 11.2 Å². The highest BCUT2D eigenvalue weighted by molar-refractivity contribution is 5.49. The third-order valence-corrected chi connectivity index (χ3v) is 3.28. The van der Waals surface area contributed by atoms with E-state index in [1.807, 2.05) is 13.0 Å². The van der Waals surface area contributed by atoms with Gasteiger partial charge in [0.15, 0.2) is 0 Å². The lowest BCUT2D eigenvalue weighted by Gasteiger charge is -2.10. The fourth-order valence-electron chi connectivity index (χ4n) is 2.20. The molecule has 20 heavy (non-hydrogen) atoms. The van der Waals surface area contributed by atoms with Crippen molar-refractivity contribution in [1.82, 2.24) is 9.13 Å². The molecular weight excluding hydrogens is 260 g/mol. The molecule has 1 aliphatic rings. The molecule has 0 N–H and O–H groups in total. The van der Waals surface area contributed by atoms with Crippen molar-refractivity contribution in [3.63, 3.8) is 0 Å². The SMILES string of the molecule is CCOC[C@@H]1C=C(n2cc(C)c(=O)n(CC)c2=O)CO1. The highest BCUT2D eigenvalue weighted by atomic mass is 16.5. The van der Waals surface area contributed by atoms with Gasteiger partial charge in [0, 0.05) is 24.9 Å². The second-order valence-electron chi connectivity index (χ2n) is 4.68. The van der Waals surface area contributed by atoms with Crippen LogP contribution in [0.5, 0.6) is 0 Å². The van der Waals surface area contributed by atoms with Crippen molar-refractivity contribution in [2.45, 2.75) is 33.4 Å². The standard InChI is InChI=1S/C14H20N2O4/c1-4-15-13(17)10(3)7-16(14(15)18)11-6-12(20-8-11)9-19-5-2/h6-7,12H,4-5,8-9H2,1-3H3/t12-/m0/s1. The van der Waals surface area contributed by atoms with Gasteiger partial charge in [-0.15, -0.1) is 0 Å². The molecule has 2 rings (SSSR count). The van der Waals surface area contributed by atoms with Gasteiger partial charge in [-0.05, 0) is 26.8 Å². The van der Waals surface area contributed by atoms with Crippen molar-refractivity contribution in [1.29, 1.82) is 0 Å². The molecule has 0 unspecified atom stereocenters. The van der Waals surface area contributed by atoms with Gasteiger partial charge in [0.05, 0.1) is 18.9 Å². The van der Waals surface area contributed by atoms with Crippen LogP contribution in [0, 0.1) is 6.92 Å². The number of aromatic nitrogens is 2. The molecule has 0 aliphatic carbocycles. The zero-order valence-electron chi connectivity index (χ0n) is 12.1. The van der Waals surface area contributed by atoms with Gasteiger partial charge < -0.3 is 9.47 Å². The normalized spacial score (nSPS) is 18.4. The summed E-state index contributed by atoms with van der Waals surface area (Å²) in [6.45, 7) is 7.21. The quantitative estimate of drug-likeness (QED) is 0.793. The van der Waals surface area contributed by atoms with E-state index >= 15 is 0 Å². The van der Waals surface area contributed by atoms with Crippen LogP contribution in [0.15, 0.2) is 21.9 Å². The second kappa shape index (κ2) is 6.19. The Morgan fingerprint density at radius 1 is 1.40 bits per heavy atom. The molecule has 1 atom stereocenters. The van der Waals surface area contributed by atoms with Crippen LogP contribution >= 0.6 is 0 Å². The van der Waals surface area contributed by atoms with E-state index in [1.165, 1.54) is 9.13 Å². The number of ether oxygens (including phenoxy) is 2. The molecule has 6 nitrogen and oxygen atoms in total. The number of hydrogen-bond donors (Lipinski definition) is 0. The third kappa shape index (κ3) is 2.76. The molecule has 0 fully saturated rings. The van der Waals surface area contributed by atoms with Gasteiger partial charge in [0.1, 0.15) is 6.10 Å². The first-order chi connectivity index (χ1) is 9.58. The lowest BCUT2D eigenvalue weighted by Crippen LogP contribution is -2.40. The summed E-state index contributed by atoms with van der Waals surface area (Å²) in [6.07, 6.45) is 3.31. The van der Waals surface area contributed by atoms with Gasteiger partial charge in [-0.1, -0.05) is 0 Å². The number of rotatable bonds is 5. The molecule has 0 saturated carbocycles. The minimum Gasteiger partial charge on any atom is -0.379 e. The predicted molar refractivity (Wildman–Crippen MR) is 75.9 cm³/mol. The maximum Gasteiger partial charge on any atom is 0.335 e. The monoisotopic (exact) mass is 280 g/mol. The Balaban J connectivity index is 2.37. The van der Waals surface area contributed by atoms with E-state index in [2.05, 4.69) is 0 Å². The summed E-state index contributed by atoms with van der Waals surface area (Å²) in [5.41, 5.74) is 0.736. The summed E-state index contributed by atoms with van der Waals surface area (Å²) in [4.78, 5) is 24.2. The van der Waals surface area contributed by atoms with Gasteiger partial charge in [-0.2, -0.15) is 0 Å². The average Bonchev–Trinajstić information content (AvgIpc) is 2.90. The van der Waals surface area contributed by atoms with Crippen LogP contribution in [0.4, 0.5) is 0 Å². The summed E-state index contributed by atoms with van der Waals surface area (Å²) in [7, 11) is 0. The molecule has 0 bridgehead atoms. The average molecular weight is 280 g/mol. The van der Waals surface area contributed by atoms with Crippen molar-refractivity contribution in [2.75, 3.05) is 19.8 Å². The molecule has 110 valence electrons. The van der Waals surface area contributed by atoms with E-state index in [0.717, 1.165) is 5.70 Å².